The molecule has 0 aliphatic carbocycles. The van der Waals surface area contributed by atoms with Gasteiger partial charge in [0.05, 0.1) is 11.4 Å². The summed E-state index contributed by atoms with van der Waals surface area (Å²) in [7, 11) is 1.75. The number of carbonyl (C=O) groups is 1. The van der Waals surface area contributed by atoms with E-state index in [1.165, 1.54) is 24.7 Å². The second kappa shape index (κ2) is 8.93. The molecule has 0 aliphatic heterocycles. The van der Waals surface area contributed by atoms with Gasteiger partial charge in [-0.2, -0.15) is 4.31 Å². The standard InChI is InChI=1S/C19H25N3O3S/c1-21(2)14-17-11-9-16(10-12-17)13-20-19(23)15-22(3)26(24,25)18-7-5-4-6-8-18/h4-12H,13-15H2,1-3H3,(H,20,23). The van der Waals surface area contributed by atoms with Crippen LogP contribution in [0.15, 0.2) is 59.5 Å². The van der Waals surface area contributed by atoms with Gasteiger partial charge in [-0.1, -0.05) is 42.5 Å². The van der Waals surface area contributed by atoms with Crippen molar-refractivity contribution in [3.05, 3.63) is 65.7 Å². The Balaban J connectivity index is 1.88. The third-order valence-electron chi connectivity index (χ3n) is 3.83. The van der Waals surface area contributed by atoms with Crippen LogP contribution in [0.4, 0.5) is 0 Å². The first kappa shape index (κ1) is 20.1. The van der Waals surface area contributed by atoms with Crippen LogP contribution in [0.3, 0.4) is 0 Å². The van der Waals surface area contributed by atoms with Crippen molar-refractivity contribution in [1.82, 2.24) is 14.5 Å². The van der Waals surface area contributed by atoms with Crippen molar-refractivity contribution in [2.75, 3.05) is 27.7 Å². The number of likely N-dealkylation sites (N-methyl/N-ethyl adjacent to an activating group) is 1. The molecule has 0 heterocycles. The summed E-state index contributed by atoms with van der Waals surface area (Å²) in [4.78, 5) is 14.3. The Labute approximate surface area is 155 Å². The van der Waals surface area contributed by atoms with Gasteiger partial charge >= 0.3 is 0 Å². The van der Waals surface area contributed by atoms with Crippen molar-refractivity contribution >= 4 is 15.9 Å². The van der Waals surface area contributed by atoms with Gasteiger partial charge in [-0.3, -0.25) is 4.79 Å². The number of rotatable bonds is 8. The van der Waals surface area contributed by atoms with Crippen molar-refractivity contribution in [3.8, 4) is 0 Å². The van der Waals surface area contributed by atoms with Gasteiger partial charge in [-0.15, -0.1) is 0 Å². The summed E-state index contributed by atoms with van der Waals surface area (Å²) in [5.74, 6) is -0.343. The van der Waals surface area contributed by atoms with Crippen molar-refractivity contribution < 1.29 is 13.2 Å². The molecule has 0 radical (unpaired) electrons. The summed E-state index contributed by atoms with van der Waals surface area (Å²) in [5.41, 5.74) is 2.16. The van der Waals surface area contributed by atoms with Crippen LogP contribution in [0.1, 0.15) is 11.1 Å². The van der Waals surface area contributed by atoms with Gasteiger partial charge in [-0.25, -0.2) is 8.42 Å². The maximum absolute atomic E-state index is 12.4. The highest BCUT2D eigenvalue weighted by Crippen LogP contribution is 2.13. The summed E-state index contributed by atoms with van der Waals surface area (Å²) in [6.07, 6.45) is 0. The number of sulfonamides is 1. The fourth-order valence-electron chi connectivity index (χ4n) is 2.44. The van der Waals surface area contributed by atoms with Crippen LogP contribution in [0.2, 0.25) is 0 Å². The monoisotopic (exact) mass is 375 g/mol. The molecule has 0 unspecified atom stereocenters. The first-order chi connectivity index (χ1) is 12.3. The average molecular weight is 375 g/mol. The van der Waals surface area contributed by atoms with Crippen molar-refractivity contribution in [3.63, 3.8) is 0 Å². The van der Waals surface area contributed by atoms with E-state index in [9.17, 15) is 13.2 Å². The number of carbonyl (C=O) groups excluding carboxylic acids is 1. The molecular weight excluding hydrogens is 350 g/mol. The van der Waals surface area contributed by atoms with E-state index in [1.807, 2.05) is 38.4 Å². The number of nitrogens with zero attached hydrogens (tertiary/aromatic N) is 2. The lowest BCUT2D eigenvalue weighted by molar-refractivity contribution is -0.121. The largest absolute Gasteiger partial charge is 0.351 e. The van der Waals surface area contributed by atoms with Crippen LogP contribution in [-0.2, 0) is 27.9 Å². The van der Waals surface area contributed by atoms with Gasteiger partial charge in [0.1, 0.15) is 0 Å². The van der Waals surface area contributed by atoms with E-state index in [4.69, 9.17) is 0 Å². The van der Waals surface area contributed by atoms with Crippen LogP contribution < -0.4 is 5.32 Å². The molecular formula is C19H25N3O3S. The van der Waals surface area contributed by atoms with Gasteiger partial charge < -0.3 is 10.2 Å². The third-order valence-corrected chi connectivity index (χ3v) is 5.65. The Morgan fingerprint density at radius 3 is 2.08 bits per heavy atom. The van der Waals surface area contributed by atoms with Gasteiger partial charge in [-0.05, 0) is 37.4 Å². The van der Waals surface area contributed by atoms with Gasteiger partial charge in [0.25, 0.3) is 0 Å². The molecule has 140 valence electrons. The Bertz CT molecular complexity index is 819. The van der Waals surface area contributed by atoms with E-state index in [0.717, 1.165) is 16.4 Å². The van der Waals surface area contributed by atoms with E-state index in [1.54, 1.807) is 18.2 Å². The van der Waals surface area contributed by atoms with E-state index in [2.05, 4.69) is 10.2 Å². The lowest BCUT2D eigenvalue weighted by Crippen LogP contribution is -2.38. The number of nitrogens with one attached hydrogen (secondary N) is 1. The smallest absolute Gasteiger partial charge is 0.243 e. The molecule has 0 fully saturated rings. The molecule has 2 aromatic rings. The van der Waals surface area contributed by atoms with Crippen LogP contribution in [0.5, 0.6) is 0 Å². The fourth-order valence-corrected chi connectivity index (χ4v) is 3.59. The molecule has 0 bridgehead atoms. The van der Waals surface area contributed by atoms with Gasteiger partial charge in [0.15, 0.2) is 0 Å². The summed E-state index contributed by atoms with van der Waals surface area (Å²) in [6, 6.07) is 16.0. The average Bonchev–Trinajstić information content (AvgIpc) is 2.61. The summed E-state index contributed by atoms with van der Waals surface area (Å²) in [6.45, 7) is 0.991. The highest BCUT2D eigenvalue weighted by atomic mass is 32.2. The second-order valence-electron chi connectivity index (χ2n) is 6.41. The molecule has 0 aromatic heterocycles. The fraction of sp³-hybridized carbons (Fsp3) is 0.316. The zero-order valence-electron chi connectivity index (χ0n) is 15.3. The minimum absolute atomic E-state index is 0.173. The molecule has 1 N–H and O–H groups in total. The lowest BCUT2D eigenvalue weighted by atomic mass is 10.1. The zero-order valence-corrected chi connectivity index (χ0v) is 16.2. The maximum atomic E-state index is 12.4. The van der Waals surface area contributed by atoms with Crippen molar-refractivity contribution in [2.24, 2.45) is 0 Å². The molecule has 0 atom stereocenters. The number of amides is 1. The quantitative estimate of drug-likeness (QED) is 0.762. The topological polar surface area (TPSA) is 69.7 Å². The Kier molecular flexibility index (Phi) is 6.90. The number of hydrogen-bond acceptors (Lipinski definition) is 4. The summed E-state index contributed by atoms with van der Waals surface area (Å²) >= 11 is 0. The Morgan fingerprint density at radius 1 is 0.923 bits per heavy atom. The van der Waals surface area contributed by atoms with E-state index < -0.39 is 10.0 Å². The van der Waals surface area contributed by atoms with Crippen LogP contribution in [-0.4, -0.2) is 51.2 Å². The molecule has 0 spiro atoms. The first-order valence-corrected chi connectivity index (χ1v) is 9.73. The Morgan fingerprint density at radius 2 is 1.50 bits per heavy atom. The molecule has 0 saturated heterocycles. The minimum atomic E-state index is -3.67. The molecule has 26 heavy (non-hydrogen) atoms. The van der Waals surface area contributed by atoms with Crippen molar-refractivity contribution in [1.29, 1.82) is 0 Å². The van der Waals surface area contributed by atoms with Crippen molar-refractivity contribution in [2.45, 2.75) is 18.0 Å². The highest BCUT2D eigenvalue weighted by Gasteiger charge is 2.22. The molecule has 2 aromatic carbocycles. The highest BCUT2D eigenvalue weighted by molar-refractivity contribution is 7.89. The Hall–Kier alpha value is -2.22. The predicted octanol–water partition coefficient (Wildman–Crippen LogP) is 1.69. The molecule has 7 heteroatoms. The van der Waals surface area contributed by atoms with E-state index >= 15 is 0 Å². The van der Waals surface area contributed by atoms with Gasteiger partial charge in [0.2, 0.25) is 15.9 Å². The summed E-state index contributed by atoms with van der Waals surface area (Å²) < 4.78 is 25.9. The number of benzene rings is 2. The molecule has 1 amide bonds. The normalized spacial score (nSPS) is 11.7. The summed E-state index contributed by atoms with van der Waals surface area (Å²) in [5, 5.41) is 2.76. The van der Waals surface area contributed by atoms with Gasteiger partial charge in [0, 0.05) is 20.1 Å². The molecule has 2 rings (SSSR count). The lowest BCUT2D eigenvalue weighted by Gasteiger charge is -2.17. The SMILES string of the molecule is CN(C)Cc1ccc(CNC(=O)CN(C)S(=O)(=O)c2ccccc2)cc1. The van der Waals surface area contributed by atoms with E-state index in [0.29, 0.717) is 6.54 Å². The first-order valence-electron chi connectivity index (χ1n) is 8.29. The molecule has 0 aliphatic rings. The second-order valence-corrected chi connectivity index (χ2v) is 8.45. The molecule has 0 saturated carbocycles. The molecule has 6 nitrogen and oxygen atoms in total. The third kappa shape index (κ3) is 5.66. The zero-order chi connectivity index (χ0) is 19.2. The maximum Gasteiger partial charge on any atom is 0.243 e. The van der Waals surface area contributed by atoms with Crippen LogP contribution in [0.25, 0.3) is 0 Å². The van der Waals surface area contributed by atoms with E-state index in [-0.39, 0.29) is 17.3 Å². The van der Waals surface area contributed by atoms with Crippen LogP contribution >= 0.6 is 0 Å². The minimum Gasteiger partial charge on any atom is -0.351 e. The van der Waals surface area contributed by atoms with Crippen LogP contribution in [0, 0.1) is 0 Å². The predicted molar refractivity (Wildman–Crippen MR) is 102 cm³/mol. The number of hydrogen-bond donors (Lipinski definition) is 1.